The summed E-state index contributed by atoms with van der Waals surface area (Å²) in [5.74, 6) is -0.176. The van der Waals surface area contributed by atoms with Crippen LogP contribution in [0.2, 0.25) is 0 Å². The number of alkyl halides is 2. The van der Waals surface area contributed by atoms with E-state index in [0.717, 1.165) is 23.9 Å². The molecule has 1 aliphatic rings. The minimum absolute atomic E-state index is 0.0401. The van der Waals surface area contributed by atoms with Gasteiger partial charge in [0, 0.05) is 12.7 Å². The fourth-order valence-electron chi connectivity index (χ4n) is 3.85. The van der Waals surface area contributed by atoms with Gasteiger partial charge in [-0.2, -0.15) is 5.10 Å². The molecule has 4 nitrogen and oxygen atoms in total. The number of benzene rings is 1. The van der Waals surface area contributed by atoms with Crippen molar-refractivity contribution in [2.45, 2.75) is 45.0 Å². The highest BCUT2D eigenvalue weighted by Gasteiger charge is 2.37. The van der Waals surface area contributed by atoms with E-state index in [1.54, 1.807) is 7.05 Å². The molecule has 0 fully saturated rings. The molecule has 24 heavy (non-hydrogen) atoms. The molecule has 1 unspecified atom stereocenters. The zero-order valence-electron chi connectivity index (χ0n) is 14.2. The summed E-state index contributed by atoms with van der Waals surface area (Å²) in [6.07, 6.45) is -0.606. The van der Waals surface area contributed by atoms with E-state index in [9.17, 15) is 13.6 Å². The van der Waals surface area contributed by atoms with Crippen molar-refractivity contribution in [3.8, 4) is 0 Å². The second-order valence-electron chi connectivity index (χ2n) is 7.09. The third-order valence-corrected chi connectivity index (χ3v) is 4.90. The molecule has 128 valence electrons. The Morgan fingerprint density at radius 1 is 1.42 bits per heavy atom. The smallest absolute Gasteiger partial charge is 0.280 e. The fraction of sp³-hybridized carbons (Fsp3) is 0.444. The number of aromatic amines is 1. The number of H-pyrrole nitrogens is 1. The quantitative estimate of drug-likeness (QED) is 0.904. The number of anilines is 1. The average Bonchev–Trinajstić information content (AvgIpc) is 3.09. The Balaban J connectivity index is 2.03. The molecule has 1 aromatic heterocycles. The lowest BCUT2D eigenvalue weighted by molar-refractivity contribution is 0.0977. The van der Waals surface area contributed by atoms with Crippen molar-refractivity contribution in [2.75, 3.05) is 11.9 Å². The van der Waals surface area contributed by atoms with E-state index in [4.69, 9.17) is 0 Å². The van der Waals surface area contributed by atoms with Gasteiger partial charge in [-0.05, 0) is 34.9 Å². The molecular formula is C18H21F2N3O. The second kappa shape index (κ2) is 5.69. The molecule has 1 amide bonds. The number of fused-ring (bicyclic) bond motifs is 1. The molecule has 0 spiro atoms. The maximum Gasteiger partial charge on any atom is 0.280 e. The van der Waals surface area contributed by atoms with Crippen molar-refractivity contribution in [1.82, 2.24) is 10.2 Å². The topological polar surface area (TPSA) is 49.0 Å². The zero-order chi connectivity index (χ0) is 17.6. The number of hydrogen-bond acceptors (Lipinski definition) is 2. The Morgan fingerprint density at radius 3 is 2.79 bits per heavy atom. The van der Waals surface area contributed by atoms with E-state index in [1.165, 1.54) is 10.5 Å². The van der Waals surface area contributed by atoms with Gasteiger partial charge in [0.15, 0.2) is 0 Å². The van der Waals surface area contributed by atoms with Gasteiger partial charge in [0.2, 0.25) is 0 Å². The van der Waals surface area contributed by atoms with E-state index in [2.05, 4.69) is 37.0 Å². The third-order valence-electron chi connectivity index (χ3n) is 4.90. The maximum absolute atomic E-state index is 13.0. The summed E-state index contributed by atoms with van der Waals surface area (Å²) >= 11 is 0. The SMILES string of the molecule is CC1CC(C)(C)c2cccc(N(C)C(=O)c3cn[nH]c3C(F)F)c21. The predicted molar refractivity (Wildman–Crippen MR) is 88.8 cm³/mol. The highest BCUT2D eigenvalue weighted by atomic mass is 19.3. The van der Waals surface area contributed by atoms with Gasteiger partial charge in [-0.15, -0.1) is 0 Å². The number of aromatic nitrogens is 2. The molecule has 0 saturated heterocycles. The van der Waals surface area contributed by atoms with Crippen LogP contribution in [0.15, 0.2) is 24.4 Å². The molecule has 1 aromatic carbocycles. The molecule has 1 aliphatic carbocycles. The van der Waals surface area contributed by atoms with Crippen molar-refractivity contribution in [1.29, 1.82) is 0 Å². The Morgan fingerprint density at radius 2 is 2.12 bits per heavy atom. The summed E-state index contributed by atoms with van der Waals surface area (Å²) in [6, 6.07) is 5.88. The normalized spacial score (nSPS) is 18.7. The molecule has 1 N–H and O–H groups in total. The van der Waals surface area contributed by atoms with E-state index < -0.39 is 18.0 Å². The maximum atomic E-state index is 13.0. The van der Waals surface area contributed by atoms with Crippen LogP contribution in [0.3, 0.4) is 0 Å². The van der Waals surface area contributed by atoms with Crippen LogP contribution in [0.25, 0.3) is 0 Å². The summed E-state index contributed by atoms with van der Waals surface area (Å²) in [6.45, 7) is 6.51. The van der Waals surface area contributed by atoms with E-state index >= 15 is 0 Å². The van der Waals surface area contributed by atoms with Crippen LogP contribution >= 0.6 is 0 Å². The summed E-state index contributed by atoms with van der Waals surface area (Å²) in [5.41, 5.74) is 2.63. The van der Waals surface area contributed by atoms with Crippen LogP contribution < -0.4 is 4.90 Å². The summed E-state index contributed by atoms with van der Waals surface area (Å²) in [5, 5.41) is 5.82. The highest BCUT2D eigenvalue weighted by Crippen LogP contribution is 2.49. The molecule has 0 radical (unpaired) electrons. The minimum atomic E-state index is -2.76. The molecule has 1 atom stereocenters. The first-order valence-corrected chi connectivity index (χ1v) is 7.97. The monoisotopic (exact) mass is 333 g/mol. The van der Waals surface area contributed by atoms with Gasteiger partial charge in [0.05, 0.1) is 11.8 Å². The molecule has 1 heterocycles. The standard InChI is InChI=1S/C18H21F2N3O/c1-10-8-18(2,3)12-6-5-7-13(14(10)12)23(4)17(24)11-9-21-22-15(11)16(19)20/h5-7,9-10,16H,8H2,1-4H3,(H,21,22). The first kappa shape index (κ1) is 16.6. The number of rotatable bonds is 3. The van der Waals surface area contributed by atoms with Crippen molar-refractivity contribution < 1.29 is 13.6 Å². The number of halogens is 2. The van der Waals surface area contributed by atoms with Crippen molar-refractivity contribution >= 4 is 11.6 Å². The molecular weight excluding hydrogens is 312 g/mol. The van der Waals surface area contributed by atoms with Crippen LogP contribution in [0, 0.1) is 0 Å². The van der Waals surface area contributed by atoms with Gasteiger partial charge in [-0.25, -0.2) is 8.78 Å². The third kappa shape index (κ3) is 2.50. The lowest BCUT2D eigenvalue weighted by Gasteiger charge is -2.23. The number of carbonyl (C=O) groups excluding carboxylic acids is 1. The van der Waals surface area contributed by atoms with Gasteiger partial charge >= 0.3 is 0 Å². The van der Waals surface area contributed by atoms with Crippen molar-refractivity contribution in [3.05, 3.63) is 46.8 Å². The highest BCUT2D eigenvalue weighted by molar-refractivity contribution is 6.07. The molecule has 3 rings (SSSR count). The Kier molecular flexibility index (Phi) is 3.94. The van der Waals surface area contributed by atoms with Gasteiger partial charge in [-0.1, -0.05) is 32.9 Å². The fourth-order valence-corrected chi connectivity index (χ4v) is 3.85. The number of nitrogens with zero attached hydrogens (tertiary/aromatic N) is 2. The molecule has 0 bridgehead atoms. The number of hydrogen-bond donors (Lipinski definition) is 1. The van der Waals surface area contributed by atoms with Gasteiger partial charge in [-0.3, -0.25) is 9.89 Å². The molecule has 0 saturated carbocycles. The largest absolute Gasteiger partial charge is 0.311 e. The van der Waals surface area contributed by atoms with Crippen molar-refractivity contribution in [3.63, 3.8) is 0 Å². The Hall–Kier alpha value is -2.24. The van der Waals surface area contributed by atoms with Crippen LogP contribution in [0.5, 0.6) is 0 Å². The van der Waals surface area contributed by atoms with Crippen LogP contribution in [0.1, 0.15) is 66.7 Å². The van der Waals surface area contributed by atoms with Gasteiger partial charge in [0.1, 0.15) is 5.69 Å². The van der Waals surface area contributed by atoms with Crippen LogP contribution in [-0.2, 0) is 5.41 Å². The van der Waals surface area contributed by atoms with E-state index in [0.29, 0.717) is 5.92 Å². The minimum Gasteiger partial charge on any atom is -0.311 e. The Labute approximate surface area is 139 Å². The average molecular weight is 333 g/mol. The molecule has 2 aromatic rings. The predicted octanol–water partition coefficient (Wildman–Crippen LogP) is 4.41. The number of nitrogens with one attached hydrogen (secondary N) is 1. The lowest BCUT2D eigenvalue weighted by Crippen LogP contribution is -2.28. The summed E-state index contributed by atoms with van der Waals surface area (Å²) < 4.78 is 26.1. The van der Waals surface area contributed by atoms with Crippen molar-refractivity contribution in [2.24, 2.45) is 0 Å². The second-order valence-corrected chi connectivity index (χ2v) is 7.09. The first-order valence-electron chi connectivity index (χ1n) is 7.97. The van der Waals surface area contributed by atoms with E-state index in [1.807, 2.05) is 12.1 Å². The van der Waals surface area contributed by atoms with Crippen LogP contribution in [-0.4, -0.2) is 23.2 Å². The summed E-state index contributed by atoms with van der Waals surface area (Å²) in [4.78, 5) is 14.2. The molecule has 0 aliphatic heterocycles. The van der Waals surface area contributed by atoms with Crippen LogP contribution in [0.4, 0.5) is 14.5 Å². The zero-order valence-corrected chi connectivity index (χ0v) is 14.2. The first-order chi connectivity index (χ1) is 11.2. The number of amides is 1. The number of carbonyl (C=O) groups is 1. The summed E-state index contributed by atoms with van der Waals surface area (Å²) in [7, 11) is 1.62. The van der Waals surface area contributed by atoms with Gasteiger partial charge in [0.25, 0.3) is 12.3 Å². The lowest BCUT2D eigenvalue weighted by atomic mass is 9.86. The Bertz CT molecular complexity index is 782. The molecule has 6 heteroatoms. The van der Waals surface area contributed by atoms with E-state index in [-0.39, 0.29) is 11.0 Å². The van der Waals surface area contributed by atoms with Gasteiger partial charge < -0.3 is 4.90 Å².